The van der Waals surface area contributed by atoms with Crippen molar-refractivity contribution in [3.05, 3.63) is 59.5 Å². The lowest BCUT2D eigenvalue weighted by Gasteiger charge is -2.14. The van der Waals surface area contributed by atoms with Gasteiger partial charge in [-0.15, -0.1) is 0 Å². The van der Waals surface area contributed by atoms with E-state index >= 15 is 0 Å². The van der Waals surface area contributed by atoms with E-state index in [0.29, 0.717) is 29.6 Å². The quantitative estimate of drug-likeness (QED) is 0.610. The van der Waals surface area contributed by atoms with Crippen molar-refractivity contribution < 1.29 is 13.2 Å². The predicted octanol–water partition coefficient (Wildman–Crippen LogP) is 3.90. The zero-order chi connectivity index (χ0) is 20.8. The third-order valence-corrected chi connectivity index (χ3v) is 4.17. The van der Waals surface area contributed by atoms with E-state index in [0.717, 1.165) is 6.92 Å². The molecule has 5 nitrogen and oxygen atoms in total. The van der Waals surface area contributed by atoms with Crippen LogP contribution in [0.3, 0.4) is 0 Å². The molecule has 0 amide bonds. The van der Waals surface area contributed by atoms with Gasteiger partial charge in [0.15, 0.2) is 0 Å². The van der Waals surface area contributed by atoms with E-state index in [1.54, 1.807) is 6.21 Å². The second-order valence-electron chi connectivity index (χ2n) is 6.44. The van der Waals surface area contributed by atoms with Gasteiger partial charge in [0, 0.05) is 41.3 Å². The molecule has 0 saturated heterocycles. The Morgan fingerprint density at radius 2 is 2.00 bits per heavy atom. The molecule has 0 aromatic heterocycles. The number of hydrogen-bond donors (Lipinski definition) is 3. The number of hydrogen-bond acceptors (Lipinski definition) is 5. The summed E-state index contributed by atoms with van der Waals surface area (Å²) in [6, 6.07) is 0. The van der Waals surface area contributed by atoms with E-state index in [-0.39, 0.29) is 23.4 Å². The lowest BCUT2D eigenvalue weighted by Crippen LogP contribution is -2.19. The van der Waals surface area contributed by atoms with Gasteiger partial charge in [-0.1, -0.05) is 33.1 Å². The van der Waals surface area contributed by atoms with Crippen molar-refractivity contribution in [3.8, 4) is 0 Å². The molecule has 27 heavy (non-hydrogen) atoms. The summed E-state index contributed by atoms with van der Waals surface area (Å²) >= 11 is 0. The van der Waals surface area contributed by atoms with Crippen LogP contribution in [0.15, 0.2) is 69.5 Å². The van der Waals surface area contributed by atoms with Gasteiger partial charge in [0.25, 0.3) is 0 Å². The molecule has 0 spiro atoms. The van der Waals surface area contributed by atoms with Crippen LogP contribution in [0.5, 0.6) is 0 Å². The van der Waals surface area contributed by atoms with E-state index < -0.39 is 11.7 Å². The van der Waals surface area contributed by atoms with Gasteiger partial charge in [-0.25, -0.2) is 4.99 Å². The Kier molecular flexibility index (Phi) is 7.63. The van der Waals surface area contributed by atoms with E-state index in [1.165, 1.54) is 6.20 Å². The summed E-state index contributed by atoms with van der Waals surface area (Å²) in [5.74, 6) is 0.477. The minimum atomic E-state index is -4.60. The molecule has 0 saturated carbocycles. The van der Waals surface area contributed by atoms with Crippen LogP contribution < -0.4 is 16.8 Å². The highest BCUT2D eigenvalue weighted by Crippen LogP contribution is 2.28. The number of nitrogens with zero attached hydrogens (tertiary/aromatic N) is 2. The van der Waals surface area contributed by atoms with Crippen LogP contribution in [-0.4, -0.2) is 18.6 Å². The van der Waals surface area contributed by atoms with Crippen molar-refractivity contribution in [1.29, 1.82) is 0 Å². The molecule has 1 rings (SSSR count). The summed E-state index contributed by atoms with van der Waals surface area (Å²) in [7, 11) is 0. The van der Waals surface area contributed by atoms with Gasteiger partial charge in [0.05, 0.1) is 5.57 Å². The van der Waals surface area contributed by atoms with E-state index in [1.807, 2.05) is 13.0 Å². The monoisotopic (exact) mass is 381 g/mol. The molecule has 2 atom stereocenters. The lowest BCUT2D eigenvalue weighted by atomic mass is 9.93. The van der Waals surface area contributed by atoms with Gasteiger partial charge >= 0.3 is 6.18 Å². The molecule has 0 aromatic rings. The Morgan fingerprint density at radius 3 is 2.52 bits per heavy atom. The fraction of sp³-hybridized carbons (Fsp3) is 0.368. The molecular weight excluding hydrogens is 355 g/mol. The second kappa shape index (κ2) is 9.25. The van der Waals surface area contributed by atoms with Crippen LogP contribution in [0.25, 0.3) is 0 Å². The number of nitrogens with one attached hydrogen (secondary N) is 1. The zero-order valence-electron chi connectivity index (χ0n) is 15.8. The highest BCUT2D eigenvalue weighted by Gasteiger charge is 2.34. The van der Waals surface area contributed by atoms with Crippen molar-refractivity contribution in [3.63, 3.8) is 0 Å². The average Bonchev–Trinajstić information content (AvgIpc) is 2.61. The standard InChI is InChI=1S/C19H26F3N5/c1-6-25-9-15-17(24)7-11(2)12(3)8-18(15)27-14(5)26-10-16(13(4)23)19(20,21)22/h6,8-12,27H,1,5,7,23-24H2,2-4H3/b16-13+,25-9-,26-10-. The topological polar surface area (TPSA) is 88.8 Å². The van der Waals surface area contributed by atoms with Gasteiger partial charge in [-0.05, 0) is 25.2 Å². The first-order valence-corrected chi connectivity index (χ1v) is 8.35. The van der Waals surface area contributed by atoms with Crippen LogP contribution >= 0.6 is 0 Å². The van der Waals surface area contributed by atoms with Crippen LogP contribution in [0.4, 0.5) is 13.2 Å². The smallest absolute Gasteiger partial charge is 0.402 e. The summed E-state index contributed by atoms with van der Waals surface area (Å²) in [4.78, 5) is 7.77. The van der Waals surface area contributed by atoms with E-state index in [9.17, 15) is 13.2 Å². The Balaban J connectivity index is 3.16. The summed E-state index contributed by atoms with van der Waals surface area (Å²) < 4.78 is 38.8. The molecule has 0 aromatic carbocycles. The van der Waals surface area contributed by atoms with Crippen LogP contribution in [0.2, 0.25) is 0 Å². The summed E-state index contributed by atoms with van der Waals surface area (Å²) in [5, 5.41) is 2.92. The number of alkyl halides is 3. The summed E-state index contributed by atoms with van der Waals surface area (Å²) in [5.41, 5.74) is 11.9. The van der Waals surface area contributed by atoms with Gasteiger partial charge < -0.3 is 16.8 Å². The minimum absolute atomic E-state index is 0.0170. The minimum Gasteiger partial charge on any atom is -0.402 e. The Bertz CT molecular complexity index is 735. The molecule has 0 fully saturated rings. The molecule has 148 valence electrons. The normalized spacial score (nSPS) is 22.5. The Hall–Kier alpha value is -2.77. The average molecular weight is 381 g/mol. The molecule has 1 aliphatic carbocycles. The number of nitrogens with two attached hydrogens (primary N) is 2. The zero-order valence-corrected chi connectivity index (χ0v) is 15.8. The van der Waals surface area contributed by atoms with Crippen LogP contribution in [0.1, 0.15) is 27.2 Å². The summed E-state index contributed by atoms with van der Waals surface area (Å²) in [6.07, 6.45) is 1.56. The highest BCUT2D eigenvalue weighted by molar-refractivity contribution is 5.86. The van der Waals surface area contributed by atoms with Crippen LogP contribution in [0, 0.1) is 11.8 Å². The molecule has 1 aliphatic rings. The van der Waals surface area contributed by atoms with Crippen molar-refractivity contribution >= 4 is 12.4 Å². The molecular formula is C19H26F3N5. The van der Waals surface area contributed by atoms with Gasteiger partial charge in [-0.2, -0.15) is 13.2 Å². The van der Waals surface area contributed by atoms with Gasteiger partial charge in [0.2, 0.25) is 0 Å². The number of rotatable bonds is 6. The number of aliphatic imine (C=N–C) groups is 2. The van der Waals surface area contributed by atoms with Crippen LogP contribution in [-0.2, 0) is 0 Å². The fourth-order valence-electron chi connectivity index (χ4n) is 2.45. The first kappa shape index (κ1) is 22.3. The molecule has 2 unspecified atom stereocenters. The molecule has 0 radical (unpaired) electrons. The molecule has 5 N–H and O–H groups in total. The number of halogens is 3. The highest BCUT2D eigenvalue weighted by atomic mass is 19.4. The second-order valence-corrected chi connectivity index (χ2v) is 6.44. The van der Waals surface area contributed by atoms with E-state index in [4.69, 9.17) is 11.5 Å². The fourth-order valence-corrected chi connectivity index (χ4v) is 2.45. The first-order valence-electron chi connectivity index (χ1n) is 8.35. The lowest BCUT2D eigenvalue weighted by molar-refractivity contribution is -0.0863. The Morgan fingerprint density at radius 1 is 1.37 bits per heavy atom. The SMILES string of the molecule is C=C/N=C\C1=C(N)CC(C)C(C)C=C1NC(=C)/N=C\C(=C(\C)N)C(F)(F)F. The predicted molar refractivity (Wildman–Crippen MR) is 105 cm³/mol. The Labute approximate surface area is 157 Å². The van der Waals surface area contributed by atoms with E-state index in [2.05, 4.69) is 35.4 Å². The maximum absolute atomic E-state index is 12.9. The van der Waals surface area contributed by atoms with Crippen molar-refractivity contribution in [2.24, 2.45) is 33.3 Å². The third-order valence-electron chi connectivity index (χ3n) is 4.17. The maximum Gasteiger partial charge on any atom is 0.419 e. The first-order chi connectivity index (χ1) is 12.5. The van der Waals surface area contributed by atoms with Crippen molar-refractivity contribution in [2.45, 2.75) is 33.4 Å². The molecule has 0 aliphatic heterocycles. The molecule has 0 heterocycles. The largest absolute Gasteiger partial charge is 0.419 e. The maximum atomic E-state index is 12.9. The molecule has 8 heteroatoms. The van der Waals surface area contributed by atoms with Gasteiger partial charge in [0.1, 0.15) is 5.82 Å². The number of allylic oxidation sites excluding steroid dienone is 5. The molecule has 0 bridgehead atoms. The summed E-state index contributed by atoms with van der Waals surface area (Å²) in [6.45, 7) is 12.5. The third kappa shape index (κ3) is 6.47. The van der Waals surface area contributed by atoms with Crippen molar-refractivity contribution in [1.82, 2.24) is 5.32 Å². The van der Waals surface area contributed by atoms with Gasteiger partial charge in [-0.3, -0.25) is 4.99 Å². The van der Waals surface area contributed by atoms with Crippen molar-refractivity contribution in [2.75, 3.05) is 0 Å².